The predicted molar refractivity (Wildman–Crippen MR) is 84.8 cm³/mol. The first-order chi connectivity index (χ1) is 8.20. The quantitative estimate of drug-likeness (QED) is 0.525. The van der Waals surface area contributed by atoms with E-state index in [1.54, 1.807) is 0 Å². The van der Waals surface area contributed by atoms with E-state index in [-0.39, 0.29) is 0 Å². The molecule has 1 nitrogen and oxygen atoms in total. The van der Waals surface area contributed by atoms with Crippen LogP contribution in [0.25, 0.3) is 0 Å². The van der Waals surface area contributed by atoms with E-state index in [1.807, 2.05) is 0 Å². The van der Waals surface area contributed by atoms with Crippen molar-refractivity contribution in [2.75, 3.05) is 23.9 Å². The molecule has 0 unspecified atom stereocenters. The minimum absolute atomic E-state index is 0.613. The second-order valence-corrected chi connectivity index (χ2v) is 8.95. The van der Waals surface area contributed by atoms with E-state index in [0.717, 1.165) is 59.4 Å². The molecule has 0 amide bonds. The maximum atomic E-state index is 5.74. The van der Waals surface area contributed by atoms with Gasteiger partial charge in [-0.3, -0.25) is 0 Å². The number of hydrogen-bond donors (Lipinski definition) is 0. The van der Waals surface area contributed by atoms with Gasteiger partial charge in [-0.15, -0.1) is 0 Å². The van der Waals surface area contributed by atoms with E-state index in [2.05, 4.69) is 63.7 Å². The molecule has 3 rings (SSSR count). The van der Waals surface area contributed by atoms with Crippen molar-refractivity contribution < 1.29 is 4.74 Å². The van der Waals surface area contributed by atoms with Gasteiger partial charge in [0.25, 0.3) is 0 Å². The third-order valence-electron chi connectivity index (χ3n) is 5.07. The zero-order valence-electron chi connectivity index (χ0n) is 9.37. The van der Waals surface area contributed by atoms with Crippen molar-refractivity contribution in [3.8, 4) is 0 Å². The van der Waals surface area contributed by atoms with Crippen molar-refractivity contribution in [1.29, 1.82) is 0 Å². The van der Waals surface area contributed by atoms with E-state index in [0.29, 0.717) is 9.65 Å². The van der Waals surface area contributed by atoms with Crippen molar-refractivity contribution in [2.45, 2.75) is 9.65 Å². The average molecular weight is 496 g/mol. The lowest BCUT2D eigenvalue weighted by Gasteiger charge is -2.43. The predicted octanol–water partition coefficient (Wildman–Crippen LogP) is 4.06. The molecule has 0 aromatic heterocycles. The summed E-state index contributed by atoms with van der Waals surface area (Å²) in [7, 11) is 0. The van der Waals surface area contributed by atoms with Gasteiger partial charge in [0.15, 0.2) is 0 Å². The molecule has 3 aliphatic rings. The second-order valence-electron chi connectivity index (χ2n) is 5.55. The Morgan fingerprint density at radius 1 is 0.824 bits per heavy atom. The Balaban J connectivity index is 1.96. The van der Waals surface area contributed by atoms with E-state index in [9.17, 15) is 0 Å². The van der Waals surface area contributed by atoms with Gasteiger partial charge in [-0.25, -0.2) is 0 Å². The molecule has 0 aromatic rings. The van der Waals surface area contributed by atoms with Crippen LogP contribution in [-0.2, 0) is 4.74 Å². The number of halogens is 4. The van der Waals surface area contributed by atoms with Crippen LogP contribution < -0.4 is 0 Å². The second kappa shape index (κ2) is 5.34. The summed E-state index contributed by atoms with van der Waals surface area (Å²) >= 11 is 15.4. The Labute approximate surface area is 136 Å². The highest BCUT2D eigenvalue weighted by Crippen LogP contribution is 2.61. The van der Waals surface area contributed by atoms with Gasteiger partial charge in [-0.2, -0.15) is 0 Å². The first kappa shape index (κ1) is 13.8. The maximum Gasteiger partial charge on any atom is 0.0501 e. The molecular weight excluding hydrogens is 480 g/mol. The molecule has 5 heteroatoms. The van der Waals surface area contributed by atoms with Crippen LogP contribution in [0.5, 0.6) is 0 Å². The van der Waals surface area contributed by atoms with E-state index >= 15 is 0 Å². The lowest BCUT2D eigenvalue weighted by atomic mass is 9.72. The topological polar surface area (TPSA) is 9.23 Å². The summed E-state index contributed by atoms with van der Waals surface area (Å²) in [4.78, 5) is 1.28. The van der Waals surface area contributed by atoms with Gasteiger partial charge in [-0.05, 0) is 35.5 Å². The summed E-state index contributed by atoms with van der Waals surface area (Å²) in [6.45, 7) is 1.95. The number of rotatable bonds is 2. The van der Waals surface area contributed by atoms with Crippen LogP contribution in [0.2, 0.25) is 0 Å². The standard InChI is InChI=1S/C12H16Br4O/c13-1-5-6(2-14)11(15)10-8-4-17-3-7(8)9(5)12(10)16/h5-12H,1-4H2/t5-,6+,7+,8-,9-,10-,11+,12+/m0/s1. The smallest absolute Gasteiger partial charge is 0.0501 e. The lowest BCUT2D eigenvalue weighted by molar-refractivity contribution is 0.114. The third-order valence-corrected chi connectivity index (χ3v) is 9.08. The van der Waals surface area contributed by atoms with Crippen molar-refractivity contribution in [1.82, 2.24) is 0 Å². The zero-order valence-corrected chi connectivity index (χ0v) is 15.7. The van der Waals surface area contributed by atoms with Crippen LogP contribution in [0.15, 0.2) is 0 Å². The molecular formula is C12H16Br4O. The fraction of sp³-hybridized carbons (Fsp3) is 1.00. The normalized spacial score (nSPS) is 57.2. The van der Waals surface area contributed by atoms with Crippen LogP contribution in [0.4, 0.5) is 0 Å². The van der Waals surface area contributed by atoms with Gasteiger partial charge in [-0.1, -0.05) is 63.7 Å². The van der Waals surface area contributed by atoms with Crippen LogP contribution in [0.1, 0.15) is 0 Å². The fourth-order valence-corrected chi connectivity index (χ4v) is 9.81. The summed E-state index contributed by atoms with van der Waals surface area (Å²) in [5.74, 6) is 4.55. The summed E-state index contributed by atoms with van der Waals surface area (Å²) in [5.41, 5.74) is 0. The molecule has 2 saturated carbocycles. The first-order valence-electron chi connectivity index (χ1n) is 6.18. The van der Waals surface area contributed by atoms with Crippen LogP contribution in [0.3, 0.4) is 0 Å². The fourth-order valence-electron chi connectivity index (χ4n) is 4.30. The molecule has 17 heavy (non-hydrogen) atoms. The maximum absolute atomic E-state index is 5.74. The van der Waals surface area contributed by atoms with Crippen molar-refractivity contribution in [3.05, 3.63) is 0 Å². The largest absolute Gasteiger partial charge is 0.381 e. The Morgan fingerprint density at radius 3 is 2.00 bits per heavy atom. The number of fused-ring (bicyclic) bond motifs is 5. The number of alkyl halides is 4. The van der Waals surface area contributed by atoms with E-state index in [4.69, 9.17) is 4.74 Å². The SMILES string of the molecule is BrC[C@H]1[C@@H](Br)[C@H]2[C@H](Br)[C@H]([C@@H]3COC[C@@H]32)[C@H]1CBr. The zero-order chi connectivity index (χ0) is 12.2. The van der Waals surface area contributed by atoms with Crippen molar-refractivity contribution in [3.63, 3.8) is 0 Å². The molecule has 0 spiro atoms. The van der Waals surface area contributed by atoms with Gasteiger partial charge in [0.1, 0.15) is 0 Å². The minimum Gasteiger partial charge on any atom is -0.381 e. The third kappa shape index (κ3) is 1.97. The highest BCUT2D eigenvalue weighted by atomic mass is 79.9. The Bertz CT molecular complexity index is 300. The molecule has 0 radical (unpaired) electrons. The summed E-state index contributed by atoms with van der Waals surface area (Å²) < 4.78 is 5.74. The highest BCUT2D eigenvalue weighted by Gasteiger charge is 2.61. The average Bonchev–Trinajstić information content (AvgIpc) is 2.83. The molecule has 0 N–H and O–H groups in total. The number of ether oxygens (including phenoxy) is 1. The molecule has 2 bridgehead atoms. The summed E-state index contributed by atoms with van der Waals surface area (Å²) in [6.07, 6.45) is 0. The molecule has 0 aromatic carbocycles. The van der Waals surface area contributed by atoms with Gasteiger partial charge in [0.2, 0.25) is 0 Å². The van der Waals surface area contributed by atoms with Crippen LogP contribution >= 0.6 is 63.7 Å². The van der Waals surface area contributed by atoms with Crippen molar-refractivity contribution >= 4 is 63.7 Å². The molecule has 1 heterocycles. The van der Waals surface area contributed by atoms with Gasteiger partial charge in [0, 0.05) is 20.3 Å². The molecule has 8 atom stereocenters. The summed E-state index contributed by atoms with van der Waals surface area (Å²) in [6, 6.07) is 0. The Kier molecular flexibility index (Phi) is 4.35. The van der Waals surface area contributed by atoms with E-state index < -0.39 is 0 Å². The lowest BCUT2D eigenvalue weighted by Crippen LogP contribution is -2.46. The molecule has 1 saturated heterocycles. The van der Waals surface area contributed by atoms with Gasteiger partial charge >= 0.3 is 0 Å². The highest BCUT2D eigenvalue weighted by molar-refractivity contribution is 9.10. The minimum atomic E-state index is 0.613. The molecule has 98 valence electrons. The molecule has 2 aliphatic carbocycles. The first-order valence-corrected chi connectivity index (χ1v) is 10.3. The Hall–Kier alpha value is 1.88. The molecule has 3 fully saturated rings. The summed E-state index contributed by atoms with van der Waals surface area (Å²) in [5, 5.41) is 2.21. The van der Waals surface area contributed by atoms with Crippen LogP contribution in [0, 0.1) is 35.5 Å². The monoisotopic (exact) mass is 492 g/mol. The Morgan fingerprint density at radius 2 is 1.41 bits per heavy atom. The van der Waals surface area contributed by atoms with Crippen LogP contribution in [-0.4, -0.2) is 33.5 Å². The van der Waals surface area contributed by atoms with E-state index in [1.165, 1.54) is 0 Å². The molecule has 1 aliphatic heterocycles. The van der Waals surface area contributed by atoms with Gasteiger partial charge in [0.05, 0.1) is 13.2 Å². The number of hydrogen-bond acceptors (Lipinski definition) is 1. The van der Waals surface area contributed by atoms with Gasteiger partial charge < -0.3 is 4.74 Å². The van der Waals surface area contributed by atoms with Crippen molar-refractivity contribution in [2.24, 2.45) is 35.5 Å².